The Morgan fingerprint density at radius 1 is 1.50 bits per heavy atom. The fourth-order valence-corrected chi connectivity index (χ4v) is 2.45. The number of aryl methyl sites for hydroxylation is 1. The Morgan fingerprint density at radius 3 is 3.06 bits per heavy atom. The van der Waals surface area contributed by atoms with Crippen molar-refractivity contribution in [3.63, 3.8) is 0 Å². The highest BCUT2D eigenvalue weighted by Gasteiger charge is 2.17. The highest BCUT2D eigenvalue weighted by Crippen LogP contribution is 2.20. The average molecular weight is 268 g/mol. The van der Waals surface area contributed by atoms with Crippen molar-refractivity contribution in [1.82, 2.24) is 10.2 Å². The molecule has 0 saturated carbocycles. The number of nitrogens with one attached hydrogen (secondary N) is 2. The minimum absolute atomic E-state index is 0.632. The van der Waals surface area contributed by atoms with Gasteiger partial charge in [0.1, 0.15) is 0 Å². The zero-order chi connectivity index (χ0) is 13.0. The van der Waals surface area contributed by atoms with Gasteiger partial charge < -0.3 is 15.5 Å². The highest BCUT2D eigenvalue weighted by atomic mass is 35.5. The lowest BCUT2D eigenvalue weighted by atomic mass is 10.1. The fraction of sp³-hybridized carbons (Fsp3) is 0.571. The predicted octanol–water partition coefficient (Wildman–Crippen LogP) is 2.35. The van der Waals surface area contributed by atoms with Crippen LogP contribution in [-0.4, -0.2) is 44.2 Å². The van der Waals surface area contributed by atoms with E-state index in [1.54, 1.807) is 0 Å². The number of likely N-dealkylation sites (N-methyl/N-ethyl adjacent to an activating group) is 1. The van der Waals surface area contributed by atoms with Crippen LogP contribution < -0.4 is 10.6 Å². The summed E-state index contributed by atoms with van der Waals surface area (Å²) in [6.45, 7) is 6.34. The molecule has 1 aromatic rings. The normalized spacial score (nSPS) is 20.9. The molecule has 1 fully saturated rings. The summed E-state index contributed by atoms with van der Waals surface area (Å²) in [6, 6.07) is 6.77. The van der Waals surface area contributed by atoms with Crippen molar-refractivity contribution >= 4 is 17.3 Å². The number of nitrogens with zero attached hydrogens (tertiary/aromatic N) is 1. The van der Waals surface area contributed by atoms with Gasteiger partial charge in [0.05, 0.1) is 0 Å². The zero-order valence-electron chi connectivity index (χ0n) is 11.2. The molecule has 1 aliphatic rings. The average Bonchev–Trinajstić information content (AvgIpc) is 2.36. The van der Waals surface area contributed by atoms with Crippen LogP contribution in [0.25, 0.3) is 0 Å². The second kappa shape index (κ2) is 6.41. The zero-order valence-corrected chi connectivity index (χ0v) is 11.9. The van der Waals surface area contributed by atoms with Gasteiger partial charge in [-0.1, -0.05) is 17.7 Å². The number of rotatable bonds is 4. The van der Waals surface area contributed by atoms with Crippen molar-refractivity contribution < 1.29 is 0 Å². The molecule has 0 aliphatic carbocycles. The van der Waals surface area contributed by atoms with Gasteiger partial charge in [-0.3, -0.25) is 0 Å². The van der Waals surface area contributed by atoms with Crippen molar-refractivity contribution in [1.29, 1.82) is 0 Å². The molecule has 2 rings (SSSR count). The van der Waals surface area contributed by atoms with E-state index in [0.29, 0.717) is 6.04 Å². The van der Waals surface area contributed by atoms with Crippen molar-refractivity contribution in [3.8, 4) is 0 Å². The van der Waals surface area contributed by atoms with Gasteiger partial charge >= 0.3 is 0 Å². The quantitative estimate of drug-likeness (QED) is 0.877. The molecule has 1 atom stereocenters. The Hall–Kier alpha value is -0.770. The van der Waals surface area contributed by atoms with Crippen LogP contribution in [0, 0.1) is 6.92 Å². The summed E-state index contributed by atoms with van der Waals surface area (Å²) in [5.74, 6) is 0. The number of halogens is 1. The Morgan fingerprint density at radius 2 is 2.33 bits per heavy atom. The summed E-state index contributed by atoms with van der Waals surface area (Å²) >= 11 is 6.11. The third kappa shape index (κ3) is 3.61. The molecule has 0 radical (unpaired) electrons. The summed E-state index contributed by atoms with van der Waals surface area (Å²) in [6.07, 6.45) is 1.15. The molecule has 100 valence electrons. The van der Waals surface area contributed by atoms with E-state index in [-0.39, 0.29) is 0 Å². The number of hydrogen-bond donors (Lipinski definition) is 2. The maximum atomic E-state index is 6.11. The number of piperazine rings is 1. The monoisotopic (exact) mass is 267 g/mol. The van der Waals surface area contributed by atoms with E-state index in [1.807, 2.05) is 13.0 Å². The molecule has 1 aromatic carbocycles. The Kier molecular flexibility index (Phi) is 4.87. The smallest absolute Gasteiger partial charge is 0.0455 e. The number of anilines is 1. The second-order valence-electron chi connectivity index (χ2n) is 5.02. The van der Waals surface area contributed by atoms with E-state index >= 15 is 0 Å². The molecular weight excluding hydrogens is 246 g/mol. The molecule has 18 heavy (non-hydrogen) atoms. The van der Waals surface area contributed by atoms with Crippen LogP contribution in [-0.2, 0) is 0 Å². The topological polar surface area (TPSA) is 27.3 Å². The standard InChI is InChI=1S/C14H22ClN3/c1-11-3-4-12(9-14(11)15)17-6-5-13-10-16-7-8-18(13)2/h3-4,9,13,16-17H,5-8,10H2,1-2H3. The van der Waals surface area contributed by atoms with Crippen LogP contribution in [0.3, 0.4) is 0 Å². The van der Waals surface area contributed by atoms with Crippen LogP contribution in [0.1, 0.15) is 12.0 Å². The van der Waals surface area contributed by atoms with Crippen molar-refractivity contribution in [2.75, 3.05) is 38.5 Å². The summed E-state index contributed by atoms with van der Waals surface area (Å²) in [4.78, 5) is 2.43. The Bertz CT molecular complexity index is 395. The van der Waals surface area contributed by atoms with Gasteiger partial charge in [-0.25, -0.2) is 0 Å². The molecule has 1 saturated heterocycles. The fourth-order valence-electron chi connectivity index (χ4n) is 2.27. The summed E-state index contributed by atoms with van der Waals surface area (Å²) in [5.41, 5.74) is 2.23. The van der Waals surface area contributed by atoms with Crippen LogP contribution in [0.2, 0.25) is 5.02 Å². The van der Waals surface area contributed by atoms with Gasteiger partial charge in [-0.05, 0) is 38.1 Å². The molecule has 4 heteroatoms. The van der Waals surface area contributed by atoms with Crippen LogP contribution in [0.15, 0.2) is 18.2 Å². The van der Waals surface area contributed by atoms with Crippen LogP contribution >= 0.6 is 11.6 Å². The molecule has 2 N–H and O–H groups in total. The maximum Gasteiger partial charge on any atom is 0.0455 e. The van der Waals surface area contributed by atoms with Gasteiger partial charge in [-0.15, -0.1) is 0 Å². The number of benzene rings is 1. The van der Waals surface area contributed by atoms with E-state index in [4.69, 9.17) is 11.6 Å². The highest BCUT2D eigenvalue weighted by molar-refractivity contribution is 6.31. The molecule has 1 heterocycles. The lowest BCUT2D eigenvalue weighted by Gasteiger charge is -2.33. The molecule has 1 unspecified atom stereocenters. The molecule has 0 spiro atoms. The Balaban J connectivity index is 1.79. The third-order valence-electron chi connectivity index (χ3n) is 3.62. The van der Waals surface area contributed by atoms with Gasteiger partial charge in [0.25, 0.3) is 0 Å². The summed E-state index contributed by atoms with van der Waals surface area (Å²) in [5, 5.41) is 7.71. The summed E-state index contributed by atoms with van der Waals surface area (Å²) in [7, 11) is 2.20. The third-order valence-corrected chi connectivity index (χ3v) is 4.03. The van der Waals surface area contributed by atoms with Crippen LogP contribution in [0.5, 0.6) is 0 Å². The van der Waals surface area contributed by atoms with Crippen molar-refractivity contribution in [3.05, 3.63) is 28.8 Å². The largest absolute Gasteiger partial charge is 0.385 e. The maximum absolute atomic E-state index is 6.11. The van der Waals surface area contributed by atoms with E-state index < -0.39 is 0 Å². The van der Waals surface area contributed by atoms with Gasteiger partial charge in [-0.2, -0.15) is 0 Å². The molecule has 3 nitrogen and oxygen atoms in total. The van der Waals surface area contributed by atoms with Crippen molar-refractivity contribution in [2.24, 2.45) is 0 Å². The van der Waals surface area contributed by atoms with Gasteiger partial charge in [0.2, 0.25) is 0 Å². The first kappa shape index (κ1) is 13.7. The predicted molar refractivity (Wildman–Crippen MR) is 78.6 cm³/mol. The Labute approximate surface area is 115 Å². The van der Waals surface area contributed by atoms with E-state index in [0.717, 1.165) is 48.9 Å². The minimum atomic E-state index is 0.632. The molecule has 1 aliphatic heterocycles. The SMILES string of the molecule is Cc1ccc(NCCC2CNCCN2C)cc1Cl. The summed E-state index contributed by atoms with van der Waals surface area (Å²) < 4.78 is 0. The van der Waals surface area contributed by atoms with E-state index in [1.165, 1.54) is 0 Å². The first-order valence-corrected chi connectivity index (χ1v) is 6.95. The first-order valence-electron chi connectivity index (χ1n) is 6.58. The van der Waals surface area contributed by atoms with E-state index in [9.17, 15) is 0 Å². The number of hydrogen-bond acceptors (Lipinski definition) is 3. The van der Waals surface area contributed by atoms with Gasteiger partial charge in [0.15, 0.2) is 0 Å². The first-order chi connectivity index (χ1) is 8.66. The van der Waals surface area contributed by atoms with Crippen LogP contribution in [0.4, 0.5) is 5.69 Å². The molecule has 0 bridgehead atoms. The minimum Gasteiger partial charge on any atom is -0.385 e. The molecule has 0 aromatic heterocycles. The molecular formula is C14H22ClN3. The lowest BCUT2D eigenvalue weighted by molar-refractivity contribution is 0.194. The molecule has 0 amide bonds. The second-order valence-corrected chi connectivity index (χ2v) is 5.43. The van der Waals surface area contributed by atoms with E-state index in [2.05, 4.69) is 34.7 Å². The van der Waals surface area contributed by atoms with Crippen molar-refractivity contribution in [2.45, 2.75) is 19.4 Å². The lowest BCUT2D eigenvalue weighted by Crippen LogP contribution is -2.49. The van der Waals surface area contributed by atoms with Gasteiger partial charge in [0, 0.05) is 42.9 Å².